The zero-order valence-corrected chi connectivity index (χ0v) is 13.4. The molecule has 4 heteroatoms. The van der Waals surface area contributed by atoms with E-state index in [2.05, 4.69) is 52.6 Å². The minimum atomic E-state index is -0.171. The van der Waals surface area contributed by atoms with Crippen LogP contribution in [0.2, 0.25) is 0 Å². The molecule has 0 aliphatic carbocycles. The van der Waals surface area contributed by atoms with Crippen LogP contribution in [-0.2, 0) is 12.0 Å². The molecule has 0 spiro atoms. The lowest BCUT2D eigenvalue weighted by atomic mass is 9.91. The van der Waals surface area contributed by atoms with Crippen molar-refractivity contribution < 1.29 is 4.39 Å². The second-order valence-corrected chi connectivity index (χ2v) is 7.06. The van der Waals surface area contributed by atoms with E-state index in [-0.39, 0.29) is 11.2 Å². The second kappa shape index (κ2) is 6.16. The molecule has 0 saturated carbocycles. The third-order valence-electron chi connectivity index (χ3n) is 3.09. The second-order valence-electron chi connectivity index (χ2n) is 5.20. The predicted octanol–water partition coefficient (Wildman–Crippen LogP) is 4.72. The number of benzene rings is 1. The Bertz CT molecular complexity index is 537. The van der Waals surface area contributed by atoms with Crippen molar-refractivity contribution in [3.63, 3.8) is 0 Å². The highest BCUT2D eigenvalue weighted by atomic mass is 79.9. The Hall–Kier alpha value is -0.710. The molecule has 0 aliphatic rings. The van der Waals surface area contributed by atoms with Gasteiger partial charge in [0.1, 0.15) is 5.82 Å². The molecule has 102 valence electrons. The fourth-order valence-corrected chi connectivity index (χ4v) is 3.11. The average molecular weight is 342 g/mol. The maximum absolute atomic E-state index is 13.7. The van der Waals surface area contributed by atoms with Crippen molar-refractivity contribution in [2.45, 2.75) is 25.8 Å². The van der Waals surface area contributed by atoms with Crippen molar-refractivity contribution >= 4 is 27.3 Å². The molecule has 1 N–H and O–H groups in total. The Labute approximate surface area is 126 Å². The zero-order valence-electron chi connectivity index (χ0n) is 11.0. The Balaban J connectivity index is 1.93. The van der Waals surface area contributed by atoms with Crippen molar-refractivity contribution in [3.05, 3.63) is 56.4 Å². The number of nitrogens with one attached hydrogen (secondary N) is 1. The van der Waals surface area contributed by atoms with Crippen LogP contribution in [0.15, 0.2) is 40.2 Å². The molecule has 0 amide bonds. The lowest BCUT2D eigenvalue weighted by Gasteiger charge is -2.23. The van der Waals surface area contributed by atoms with E-state index in [0.717, 1.165) is 11.0 Å². The molecule has 1 aromatic carbocycles. The highest BCUT2D eigenvalue weighted by Gasteiger charge is 2.21. The van der Waals surface area contributed by atoms with Crippen LogP contribution in [0.25, 0.3) is 0 Å². The summed E-state index contributed by atoms with van der Waals surface area (Å²) in [5.74, 6) is -0.171. The van der Waals surface area contributed by atoms with Gasteiger partial charge in [0, 0.05) is 33.4 Å². The summed E-state index contributed by atoms with van der Waals surface area (Å²) in [7, 11) is 0. The summed E-state index contributed by atoms with van der Waals surface area (Å²) in [6, 6.07) is 9.39. The zero-order chi connectivity index (χ0) is 13.9. The van der Waals surface area contributed by atoms with Crippen LogP contribution in [0.4, 0.5) is 4.39 Å². The summed E-state index contributed by atoms with van der Waals surface area (Å²) in [4.78, 5) is 1.34. The standard InChI is InChI=1S/C15H17BrFNS/c1-15(2,14-4-3-7-19-14)10-18-9-11-5-6-12(16)8-13(11)17/h3-8,18H,9-10H2,1-2H3. The summed E-state index contributed by atoms with van der Waals surface area (Å²) >= 11 is 5.02. The SMILES string of the molecule is CC(C)(CNCc1ccc(Br)cc1F)c1cccs1. The predicted molar refractivity (Wildman–Crippen MR) is 83.2 cm³/mol. The van der Waals surface area contributed by atoms with Gasteiger partial charge in [-0.05, 0) is 23.6 Å². The molecular formula is C15H17BrFNS. The van der Waals surface area contributed by atoms with Crippen LogP contribution in [0.3, 0.4) is 0 Å². The van der Waals surface area contributed by atoms with E-state index in [4.69, 9.17) is 0 Å². The summed E-state index contributed by atoms with van der Waals surface area (Å²) in [6.45, 7) is 5.77. The molecule has 1 aromatic heterocycles. The van der Waals surface area contributed by atoms with Gasteiger partial charge in [-0.2, -0.15) is 0 Å². The van der Waals surface area contributed by atoms with Crippen molar-refractivity contribution in [1.82, 2.24) is 5.32 Å². The topological polar surface area (TPSA) is 12.0 Å². The van der Waals surface area contributed by atoms with Gasteiger partial charge in [0.15, 0.2) is 0 Å². The van der Waals surface area contributed by atoms with Gasteiger partial charge >= 0.3 is 0 Å². The van der Waals surface area contributed by atoms with Crippen LogP contribution < -0.4 is 5.32 Å². The molecule has 0 bridgehead atoms. The molecular weight excluding hydrogens is 325 g/mol. The van der Waals surface area contributed by atoms with E-state index < -0.39 is 0 Å². The Morgan fingerprint density at radius 3 is 2.74 bits per heavy atom. The van der Waals surface area contributed by atoms with E-state index in [1.807, 2.05) is 12.1 Å². The van der Waals surface area contributed by atoms with Crippen LogP contribution in [0, 0.1) is 5.82 Å². The summed E-state index contributed by atoms with van der Waals surface area (Å²) in [6.07, 6.45) is 0. The minimum Gasteiger partial charge on any atom is -0.312 e. The fraction of sp³-hybridized carbons (Fsp3) is 0.333. The Kier molecular flexibility index (Phi) is 4.76. The first-order chi connectivity index (χ1) is 8.99. The van der Waals surface area contributed by atoms with E-state index in [9.17, 15) is 4.39 Å². The van der Waals surface area contributed by atoms with E-state index in [1.165, 1.54) is 10.9 Å². The smallest absolute Gasteiger partial charge is 0.128 e. The average Bonchev–Trinajstić information content (AvgIpc) is 2.86. The van der Waals surface area contributed by atoms with Crippen LogP contribution in [0.5, 0.6) is 0 Å². The van der Waals surface area contributed by atoms with Crippen LogP contribution in [0.1, 0.15) is 24.3 Å². The molecule has 1 nitrogen and oxygen atoms in total. The molecule has 1 heterocycles. The van der Waals surface area contributed by atoms with Gasteiger partial charge in [-0.3, -0.25) is 0 Å². The van der Waals surface area contributed by atoms with E-state index in [0.29, 0.717) is 12.1 Å². The van der Waals surface area contributed by atoms with Gasteiger partial charge in [0.2, 0.25) is 0 Å². The molecule has 0 fully saturated rings. The van der Waals surface area contributed by atoms with Crippen LogP contribution in [-0.4, -0.2) is 6.54 Å². The summed E-state index contributed by atoms with van der Waals surface area (Å²) in [5, 5.41) is 5.43. The van der Waals surface area contributed by atoms with Crippen molar-refractivity contribution in [3.8, 4) is 0 Å². The number of rotatable bonds is 5. The van der Waals surface area contributed by atoms with E-state index >= 15 is 0 Å². The maximum atomic E-state index is 13.7. The molecule has 0 saturated heterocycles. The van der Waals surface area contributed by atoms with Gasteiger partial charge in [0.05, 0.1) is 0 Å². The first kappa shape index (κ1) is 14.7. The molecule has 0 radical (unpaired) electrons. The Morgan fingerprint density at radius 1 is 1.32 bits per heavy atom. The van der Waals surface area contributed by atoms with Gasteiger partial charge in [0.25, 0.3) is 0 Å². The molecule has 2 aromatic rings. The number of hydrogen-bond acceptors (Lipinski definition) is 2. The fourth-order valence-electron chi connectivity index (χ4n) is 1.93. The van der Waals surface area contributed by atoms with Gasteiger partial charge < -0.3 is 5.32 Å². The van der Waals surface area contributed by atoms with Crippen molar-refractivity contribution in [1.29, 1.82) is 0 Å². The molecule has 19 heavy (non-hydrogen) atoms. The highest BCUT2D eigenvalue weighted by molar-refractivity contribution is 9.10. The third kappa shape index (κ3) is 3.88. The molecule has 0 aliphatic heterocycles. The lowest BCUT2D eigenvalue weighted by Crippen LogP contribution is -2.32. The first-order valence-electron chi connectivity index (χ1n) is 6.18. The van der Waals surface area contributed by atoms with Crippen molar-refractivity contribution in [2.75, 3.05) is 6.54 Å². The molecule has 0 atom stereocenters. The van der Waals surface area contributed by atoms with Gasteiger partial charge in [-0.25, -0.2) is 4.39 Å². The number of halogens is 2. The quantitative estimate of drug-likeness (QED) is 0.829. The third-order valence-corrected chi connectivity index (χ3v) is 4.81. The van der Waals surface area contributed by atoms with E-state index in [1.54, 1.807) is 11.3 Å². The first-order valence-corrected chi connectivity index (χ1v) is 7.85. The lowest BCUT2D eigenvalue weighted by molar-refractivity contribution is 0.471. The maximum Gasteiger partial charge on any atom is 0.128 e. The molecule has 2 rings (SSSR count). The normalized spacial score (nSPS) is 11.8. The van der Waals surface area contributed by atoms with Gasteiger partial charge in [-0.15, -0.1) is 11.3 Å². The van der Waals surface area contributed by atoms with Gasteiger partial charge in [-0.1, -0.05) is 41.9 Å². The Morgan fingerprint density at radius 2 is 2.11 bits per heavy atom. The largest absolute Gasteiger partial charge is 0.312 e. The monoisotopic (exact) mass is 341 g/mol. The minimum absolute atomic E-state index is 0.0695. The number of thiophene rings is 1. The summed E-state index contributed by atoms with van der Waals surface area (Å²) in [5.41, 5.74) is 0.769. The number of hydrogen-bond donors (Lipinski definition) is 1. The summed E-state index contributed by atoms with van der Waals surface area (Å²) < 4.78 is 14.4. The molecule has 0 unspecified atom stereocenters. The van der Waals surface area contributed by atoms with Crippen LogP contribution >= 0.6 is 27.3 Å². The van der Waals surface area contributed by atoms with Crippen molar-refractivity contribution in [2.24, 2.45) is 0 Å². The highest BCUT2D eigenvalue weighted by Crippen LogP contribution is 2.26.